The molecule has 0 bridgehead atoms. The van der Waals surface area contributed by atoms with Crippen molar-refractivity contribution >= 4 is 21.4 Å². The van der Waals surface area contributed by atoms with Crippen LogP contribution in [0.2, 0.25) is 0 Å². The Morgan fingerprint density at radius 1 is 1.04 bits per heavy atom. The Labute approximate surface area is 149 Å². The van der Waals surface area contributed by atoms with E-state index >= 15 is 0 Å². The first-order valence-electron chi connectivity index (χ1n) is 7.73. The fraction of sp³-hybridized carbons (Fsp3) is 0.222. The van der Waals surface area contributed by atoms with Gasteiger partial charge >= 0.3 is 15.6 Å². The predicted octanol–water partition coefficient (Wildman–Crippen LogP) is 4.35. The molecule has 1 heterocycles. The Kier molecular flexibility index (Phi) is 4.58. The summed E-state index contributed by atoms with van der Waals surface area (Å²) in [6, 6.07) is 12.7. The molecule has 1 atom stereocenters. The van der Waals surface area contributed by atoms with E-state index in [-0.39, 0.29) is 0 Å². The number of hydrogen-bond donors (Lipinski definition) is 1. The number of anilines is 1. The zero-order valence-electron chi connectivity index (χ0n) is 14.0. The van der Waals surface area contributed by atoms with E-state index in [1.807, 2.05) is 32.0 Å². The van der Waals surface area contributed by atoms with Crippen LogP contribution in [0.25, 0.3) is 5.57 Å². The molecule has 1 N–H and O–H groups in total. The maximum Gasteiger partial charge on any atom is 0.523 e. The van der Waals surface area contributed by atoms with Crippen molar-refractivity contribution in [3.8, 4) is 0 Å². The molecular formula is C18H16F3NO3S. The first-order chi connectivity index (χ1) is 12.1. The van der Waals surface area contributed by atoms with Crippen LogP contribution in [-0.2, 0) is 14.3 Å². The van der Waals surface area contributed by atoms with E-state index in [9.17, 15) is 21.6 Å². The molecule has 0 radical (unpaired) electrons. The fourth-order valence-electron chi connectivity index (χ4n) is 2.90. The van der Waals surface area contributed by atoms with Crippen molar-refractivity contribution in [1.82, 2.24) is 0 Å². The third-order valence-electron chi connectivity index (χ3n) is 3.88. The lowest BCUT2D eigenvalue weighted by Gasteiger charge is -2.26. The van der Waals surface area contributed by atoms with Gasteiger partial charge in [0.1, 0.15) is 0 Å². The van der Waals surface area contributed by atoms with Gasteiger partial charge in [0.05, 0.1) is 0 Å². The highest BCUT2D eigenvalue weighted by molar-refractivity contribution is 7.87. The molecule has 0 fully saturated rings. The molecule has 0 spiro atoms. The zero-order chi connectivity index (χ0) is 19.1. The van der Waals surface area contributed by atoms with Crippen molar-refractivity contribution in [3.05, 3.63) is 70.8 Å². The Morgan fingerprint density at radius 2 is 1.65 bits per heavy atom. The topological polar surface area (TPSA) is 55.4 Å². The van der Waals surface area contributed by atoms with E-state index in [1.54, 1.807) is 24.3 Å². The van der Waals surface area contributed by atoms with E-state index in [2.05, 4.69) is 9.50 Å². The number of benzene rings is 2. The molecular weight excluding hydrogens is 367 g/mol. The summed E-state index contributed by atoms with van der Waals surface area (Å²) in [7, 11) is -5.73. The molecule has 26 heavy (non-hydrogen) atoms. The highest BCUT2D eigenvalue weighted by atomic mass is 32.2. The lowest BCUT2D eigenvalue weighted by molar-refractivity contribution is -0.0553. The lowest BCUT2D eigenvalue weighted by Crippen LogP contribution is -2.34. The number of fused-ring (bicyclic) bond motifs is 1. The average molecular weight is 383 g/mol. The van der Waals surface area contributed by atoms with Gasteiger partial charge in [-0.3, -0.25) is 0 Å². The van der Waals surface area contributed by atoms with Crippen molar-refractivity contribution in [2.75, 3.05) is 5.32 Å². The van der Waals surface area contributed by atoms with Crippen LogP contribution in [0.3, 0.4) is 0 Å². The van der Waals surface area contributed by atoms with Gasteiger partial charge in [-0.2, -0.15) is 21.6 Å². The van der Waals surface area contributed by atoms with Crippen molar-refractivity contribution < 1.29 is 25.8 Å². The summed E-state index contributed by atoms with van der Waals surface area (Å²) in [5, 5.41) is 2.68. The van der Waals surface area contributed by atoms with Gasteiger partial charge in [0.25, 0.3) is 0 Å². The van der Waals surface area contributed by atoms with Crippen LogP contribution in [0.4, 0.5) is 18.9 Å². The van der Waals surface area contributed by atoms with Gasteiger partial charge in [-0.15, -0.1) is 0 Å². The summed E-state index contributed by atoms with van der Waals surface area (Å²) < 4.78 is 65.1. The number of rotatable bonds is 3. The molecule has 3 rings (SSSR count). The smallest absolute Gasteiger partial charge is 0.355 e. The van der Waals surface area contributed by atoms with E-state index in [4.69, 9.17) is 0 Å². The lowest BCUT2D eigenvalue weighted by atomic mass is 9.91. The highest BCUT2D eigenvalue weighted by Crippen LogP contribution is 2.36. The predicted molar refractivity (Wildman–Crippen MR) is 92.9 cm³/mol. The maximum absolute atomic E-state index is 12.6. The molecule has 138 valence electrons. The summed E-state index contributed by atoms with van der Waals surface area (Å²) in [5.41, 5.74) is -0.898. The Bertz CT molecular complexity index is 961. The van der Waals surface area contributed by atoms with E-state index in [0.29, 0.717) is 11.3 Å². The van der Waals surface area contributed by atoms with Crippen LogP contribution < -0.4 is 5.32 Å². The molecule has 8 heteroatoms. The summed E-state index contributed by atoms with van der Waals surface area (Å²) in [6.45, 7) is 3.82. The van der Waals surface area contributed by atoms with Crippen LogP contribution in [0.5, 0.6) is 0 Å². The standard InChI is InChI=1S/C18H16F3NO3S/c1-11-7-12(2)9-13(8-11)15-10-17(25-26(23,24)18(19,20)21)22-16-6-4-3-5-14(15)16/h3-10,17,22H,1-2H3. The monoisotopic (exact) mass is 383 g/mol. The van der Waals surface area contributed by atoms with Gasteiger partial charge in [0.15, 0.2) is 6.23 Å². The first kappa shape index (κ1) is 18.5. The minimum absolute atomic E-state index is 0.492. The highest BCUT2D eigenvalue weighted by Gasteiger charge is 2.48. The average Bonchev–Trinajstić information content (AvgIpc) is 2.51. The van der Waals surface area contributed by atoms with Crippen LogP contribution in [0, 0.1) is 13.8 Å². The summed E-state index contributed by atoms with van der Waals surface area (Å²) in [6.07, 6.45) is -0.118. The summed E-state index contributed by atoms with van der Waals surface area (Å²) >= 11 is 0. The number of halogens is 3. The van der Waals surface area contributed by atoms with E-state index < -0.39 is 21.9 Å². The SMILES string of the molecule is Cc1cc(C)cc(C2=CC(OS(=O)(=O)C(F)(F)F)Nc3ccccc32)c1. The molecule has 0 amide bonds. The Hall–Kier alpha value is -2.32. The summed E-state index contributed by atoms with van der Waals surface area (Å²) in [5.74, 6) is 0. The molecule has 0 saturated carbocycles. The second kappa shape index (κ2) is 6.44. The van der Waals surface area contributed by atoms with E-state index in [0.717, 1.165) is 22.3 Å². The molecule has 0 saturated heterocycles. The minimum atomic E-state index is -5.73. The Balaban J connectivity index is 2.08. The largest absolute Gasteiger partial charge is 0.523 e. The van der Waals surface area contributed by atoms with Gasteiger partial charge < -0.3 is 5.32 Å². The van der Waals surface area contributed by atoms with E-state index in [1.165, 1.54) is 6.08 Å². The van der Waals surface area contributed by atoms with Gasteiger partial charge in [-0.25, -0.2) is 4.18 Å². The second-order valence-corrected chi connectivity index (χ2v) is 7.63. The van der Waals surface area contributed by atoms with Crippen LogP contribution in [0.1, 0.15) is 22.3 Å². The van der Waals surface area contributed by atoms with Crippen LogP contribution >= 0.6 is 0 Å². The van der Waals surface area contributed by atoms with Gasteiger partial charge in [0.2, 0.25) is 0 Å². The zero-order valence-corrected chi connectivity index (χ0v) is 14.8. The number of para-hydroxylation sites is 1. The molecule has 0 aliphatic carbocycles. The fourth-order valence-corrected chi connectivity index (χ4v) is 3.39. The minimum Gasteiger partial charge on any atom is -0.355 e. The molecule has 1 unspecified atom stereocenters. The molecule has 2 aromatic rings. The quantitative estimate of drug-likeness (QED) is 0.632. The van der Waals surface area contributed by atoms with Crippen molar-refractivity contribution in [3.63, 3.8) is 0 Å². The molecule has 0 aromatic heterocycles. The third kappa shape index (κ3) is 3.61. The molecule has 1 aliphatic heterocycles. The van der Waals surface area contributed by atoms with Gasteiger partial charge in [-0.1, -0.05) is 47.5 Å². The summed E-state index contributed by atoms with van der Waals surface area (Å²) in [4.78, 5) is 0. The van der Waals surface area contributed by atoms with Gasteiger partial charge in [-0.05, 0) is 37.1 Å². The van der Waals surface area contributed by atoms with Crippen molar-refractivity contribution in [2.24, 2.45) is 0 Å². The normalized spacial score (nSPS) is 17.3. The van der Waals surface area contributed by atoms with Crippen molar-refractivity contribution in [2.45, 2.75) is 25.6 Å². The molecule has 1 aliphatic rings. The number of nitrogens with one attached hydrogen (secondary N) is 1. The number of hydrogen-bond acceptors (Lipinski definition) is 4. The van der Waals surface area contributed by atoms with Crippen LogP contribution in [-0.4, -0.2) is 20.2 Å². The number of aryl methyl sites for hydroxylation is 2. The first-order valence-corrected chi connectivity index (χ1v) is 9.14. The van der Waals surface area contributed by atoms with Crippen LogP contribution in [0.15, 0.2) is 48.5 Å². The third-order valence-corrected chi connectivity index (χ3v) is 4.91. The number of alkyl halides is 3. The molecule has 2 aromatic carbocycles. The van der Waals surface area contributed by atoms with Gasteiger partial charge in [0, 0.05) is 11.3 Å². The maximum atomic E-state index is 12.6. The second-order valence-electron chi connectivity index (χ2n) is 6.06. The Morgan fingerprint density at radius 3 is 2.27 bits per heavy atom. The van der Waals surface area contributed by atoms with Crippen molar-refractivity contribution in [1.29, 1.82) is 0 Å². The molecule has 4 nitrogen and oxygen atoms in total.